The second-order valence-electron chi connectivity index (χ2n) is 5.47. The first-order chi connectivity index (χ1) is 11.7. The normalized spacial score (nSPS) is 10.9. The molecule has 0 spiro atoms. The summed E-state index contributed by atoms with van der Waals surface area (Å²) in [4.78, 5) is 19.3. The molecule has 0 aliphatic carbocycles. The summed E-state index contributed by atoms with van der Waals surface area (Å²) >= 11 is 0. The number of fused-ring (bicyclic) bond motifs is 3. The molecular weight excluding hydrogens is 302 g/mol. The monoisotopic (exact) mass is 317 g/mol. The zero-order chi connectivity index (χ0) is 16.5. The number of anilines is 2. The Balaban J connectivity index is 1.85. The van der Waals surface area contributed by atoms with Gasteiger partial charge in [0.15, 0.2) is 0 Å². The smallest absolute Gasteiger partial charge is 0.257 e. The molecule has 4 rings (SSSR count). The maximum absolute atomic E-state index is 12.2. The van der Waals surface area contributed by atoms with Gasteiger partial charge in [0.1, 0.15) is 11.4 Å². The van der Waals surface area contributed by atoms with Crippen LogP contribution >= 0.6 is 0 Å². The number of nitrogens with zero attached hydrogens (tertiary/aromatic N) is 1. The number of aromatic amines is 1. The number of methoxy groups -OCH3 is 1. The Labute approximate surface area is 137 Å². The largest absolute Gasteiger partial charge is 0.497 e. The standard InChI is InChI=1S/C19H15N3O2/c1-24-14-5-2-4-12(10-14)21-13-7-8-16-17(11-13)15-6-3-9-20-18(15)22-19(16)23/h2-11,21H,1H3,(H,20,22,23). The lowest BCUT2D eigenvalue weighted by Crippen LogP contribution is -2.07. The molecule has 118 valence electrons. The molecule has 0 unspecified atom stereocenters. The van der Waals surface area contributed by atoms with Crippen LogP contribution in [0.15, 0.2) is 65.6 Å². The highest BCUT2D eigenvalue weighted by Gasteiger charge is 2.07. The Morgan fingerprint density at radius 2 is 1.83 bits per heavy atom. The van der Waals surface area contributed by atoms with E-state index in [1.165, 1.54) is 0 Å². The van der Waals surface area contributed by atoms with Gasteiger partial charge in [-0.25, -0.2) is 4.98 Å². The van der Waals surface area contributed by atoms with Crippen LogP contribution in [0, 0.1) is 0 Å². The quantitative estimate of drug-likeness (QED) is 0.564. The van der Waals surface area contributed by atoms with Crippen LogP contribution in [0.25, 0.3) is 21.8 Å². The van der Waals surface area contributed by atoms with Crippen LogP contribution in [0.5, 0.6) is 5.75 Å². The van der Waals surface area contributed by atoms with E-state index in [2.05, 4.69) is 15.3 Å². The second-order valence-corrected chi connectivity index (χ2v) is 5.47. The first kappa shape index (κ1) is 14.3. The van der Waals surface area contributed by atoms with Crippen LogP contribution < -0.4 is 15.6 Å². The van der Waals surface area contributed by atoms with E-state index in [1.807, 2.05) is 54.6 Å². The van der Waals surface area contributed by atoms with Crippen LogP contribution in [0.1, 0.15) is 0 Å². The van der Waals surface area contributed by atoms with Gasteiger partial charge in [0.25, 0.3) is 5.56 Å². The van der Waals surface area contributed by atoms with Gasteiger partial charge in [-0.3, -0.25) is 4.79 Å². The minimum Gasteiger partial charge on any atom is -0.497 e. The Morgan fingerprint density at radius 3 is 2.71 bits per heavy atom. The van der Waals surface area contributed by atoms with Crippen LogP contribution in [-0.4, -0.2) is 17.1 Å². The number of hydrogen-bond acceptors (Lipinski definition) is 4. The van der Waals surface area contributed by atoms with Crippen molar-refractivity contribution in [1.82, 2.24) is 9.97 Å². The van der Waals surface area contributed by atoms with Crippen LogP contribution in [-0.2, 0) is 0 Å². The summed E-state index contributed by atoms with van der Waals surface area (Å²) in [6.07, 6.45) is 1.67. The average Bonchev–Trinajstić information content (AvgIpc) is 2.62. The van der Waals surface area contributed by atoms with Crippen LogP contribution in [0.3, 0.4) is 0 Å². The van der Waals surface area contributed by atoms with E-state index >= 15 is 0 Å². The first-order valence-electron chi connectivity index (χ1n) is 7.56. The molecule has 24 heavy (non-hydrogen) atoms. The molecule has 2 aromatic heterocycles. The lowest BCUT2D eigenvalue weighted by Gasteiger charge is -2.10. The number of pyridine rings is 2. The van der Waals surface area contributed by atoms with Gasteiger partial charge in [-0.1, -0.05) is 6.07 Å². The molecular formula is C19H15N3O2. The molecule has 0 amide bonds. The van der Waals surface area contributed by atoms with Gasteiger partial charge in [0, 0.05) is 39.8 Å². The van der Waals surface area contributed by atoms with Crippen molar-refractivity contribution >= 4 is 33.2 Å². The number of nitrogens with one attached hydrogen (secondary N) is 2. The van der Waals surface area contributed by atoms with Crippen molar-refractivity contribution in [3.05, 3.63) is 71.1 Å². The Morgan fingerprint density at radius 1 is 0.958 bits per heavy atom. The highest BCUT2D eigenvalue weighted by molar-refractivity contribution is 6.05. The summed E-state index contributed by atoms with van der Waals surface area (Å²) in [5, 5.41) is 5.78. The van der Waals surface area contributed by atoms with Crippen molar-refractivity contribution in [2.24, 2.45) is 0 Å². The fourth-order valence-electron chi connectivity index (χ4n) is 2.81. The molecule has 5 nitrogen and oxygen atoms in total. The van der Waals surface area contributed by atoms with Gasteiger partial charge in [-0.2, -0.15) is 0 Å². The molecule has 0 fully saturated rings. The van der Waals surface area contributed by atoms with E-state index in [0.717, 1.165) is 27.9 Å². The minimum atomic E-state index is -0.135. The molecule has 5 heteroatoms. The molecule has 2 aromatic carbocycles. The van der Waals surface area contributed by atoms with Crippen LogP contribution in [0.4, 0.5) is 11.4 Å². The zero-order valence-electron chi connectivity index (χ0n) is 13.0. The molecule has 0 atom stereocenters. The van der Waals surface area contributed by atoms with E-state index in [1.54, 1.807) is 13.3 Å². The highest BCUT2D eigenvalue weighted by atomic mass is 16.5. The molecule has 0 aliphatic heterocycles. The summed E-state index contributed by atoms with van der Waals surface area (Å²) in [7, 11) is 1.64. The predicted octanol–water partition coefficient (Wildman–Crippen LogP) is 3.83. The first-order valence-corrected chi connectivity index (χ1v) is 7.56. The fourth-order valence-corrected chi connectivity index (χ4v) is 2.81. The lowest BCUT2D eigenvalue weighted by molar-refractivity contribution is 0.415. The SMILES string of the molecule is COc1cccc(Nc2ccc3c(=O)[nH]c4ncccc4c3c2)c1. The van der Waals surface area contributed by atoms with E-state index in [9.17, 15) is 4.79 Å². The summed E-state index contributed by atoms with van der Waals surface area (Å²) in [6.45, 7) is 0. The Hall–Kier alpha value is -3.34. The molecule has 0 saturated heterocycles. The Kier molecular flexibility index (Phi) is 3.39. The third-order valence-corrected chi connectivity index (χ3v) is 3.95. The van der Waals surface area contributed by atoms with E-state index in [0.29, 0.717) is 11.0 Å². The van der Waals surface area contributed by atoms with E-state index in [4.69, 9.17) is 4.74 Å². The number of rotatable bonds is 3. The third kappa shape index (κ3) is 2.46. The van der Waals surface area contributed by atoms with Gasteiger partial charge >= 0.3 is 0 Å². The van der Waals surface area contributed by atoms with E-state index in [-0.39, 0.29) is 5.56 Å². The molecule has 0 saturated carbocycles. The van der Waals surface area contributed by atoms with Gasteiger partial charge in [-0.05, 0) is 42.5 Å². The second kappa shape index (κ2) is 5.70. The minimum absolute atomic E-state index is 0.135. The summed E-state index contributed by atoms with van der Waals surface area (Å²) < 4.78 is 5.24. The number of benzene rings is 2. The highest BCUT2D eigenvalue weighted by Crippen LogP contribution is 2.26. The molecule has 0 radical (unpaired) electrons. The van der Waals surface area contributed by atoms with Crippen molar-refractivity contribution < 1.29 is 4.74 Å². The molecule has 4 aromatic rings. The van der Waals surface area contributed by atoms with Gasteiger partial charge in [0.05, 0.1) is 7.11 Å². The summed E-state index contributed by atoms with van der Waals surface area (Å²) in [5.41, 5.74) is 2.27. The predicted molar refractivity (Wildman–Crippen MR) is 96.1 cm³/mol. The van der Waals surface area contributed by atoms with Crippen molar-refractivity contribution in [3.8, 4) is 5.75 Å². The topological polar surface area (TPSA) is 67.0 Å². The van der Waals surface area contributed by atoms with Crippen molar-refractivity contribution in [3.63, 3.8) is 0 Å². The maximum Gasteiger partial charge on any atom is 0.257 e. The average molecular weight is 317 g/mol. The summed E-state index contributed by atoms with van der Waals surface area (Å²) in [6, 6.07) is 17.2. The van der Waals surface area contributed by atoms with Gasteiger partial charge in [-0.15, -0.1) is 0 Å². The molecule has 0 bridgehead atoms. The van der Waals surface area contributed by atoms with Crippen molar-refractivity contribution in [2.75, 3.05) is 12.4 Å². The van der Waals surface area contributed by atoms with Gasteiger partial charge < -0.3 is 15.0 Å². The number of hydrogen-bond donors (Lipinski definition) is 2. The maximum atomic E-state index is 12.2. The van der Waals surface area contributed by atoms with Crippen LogP contribution in [0.2, 0.25) is 0 Å². The fraction of sp³-hybridized carbons (Fsp3) is 0.0526. The van der Waals surface area contributed by atoms with Gasteiger partial charge in [0.2, 0.25) is 0 Å². The third-order valence-electron chi connectivity index (χ3n) is 3.95. The number of ether oxygens (including phenoxy) is 1. The molecule has 2 N–H and O–H groups in total. The molecule has 0 aliphatic rings. The van der Waals surface area contributed by atoms with E-state index < -0.39 is 0 Å². The van der Waals surface area contributed by atoms with Crippen molar-refractivity contribution in [1.29, 1.82) is 0 Å². The molecule has 2 heterocycles. The van der Waals surface area contributed by atoms with Crippen molar-refractivity contribution in [2.45, 2.75) is 0 Å². The summed E-state index contributed by atoms with van der Waals surface area (Å²) in [5.74, 6) is 0.784. The lowest BCUT2D eigenvalue weighted by atomic mass is 10.1. The number of H-pyrrole nitrogens is 1. The Bertz CT molecular complexity index is 1100. The number of aromatic nitrogens is 2. The zero-order valence-corrected chi connectivity index (χ0v) is 13.0.